The normalized spacial score (nSPS) is 12.1. The molecule has 6 nitrogen and oxygen atoms in total. The lowest BCUT2D eigenvalue weighted by atomic mass is 10.0. The predicted molar refractivity (Wildman–Crippen MR) is 258 cm³/mol. The minimum Gasteiger partial charge on any atom is -0.456 e. The second-order valence-electron chi connectivity index (χ2n) is 16.3. The van der Waals surface area contributed by atoms with Crippen LogP contribution in [0.25, 0.3) is 138 Å². The topological polar surface area (TPSA) is 69.9 Å². The highest BCUT2D eigenvalue weighted by atomic mass is 16.3. The molecule has 0 saturated heterocycles. The molecular weight excluding hydrogens is 773 g/mol. The SMILES string of the molecule is c1ccc(-c2nc(-c3ccc4oc5ccccc5c4c3)nc(-c3cccc4oc5c6ccccc6c(-n6c7cc8ccccc8cc7c7cc8ccccc8cc76)cc5c34)n2)cc1. The highest BCUT2D eigenvalue weighted by molar-refractivity contribution is 6.23. The molecule has 0 aliphatic rings. The maximum atomic E-state index is 6.91. The number of furan rings is 2. The monoisotopic (exact) mass is 804 g/mol. The average Bonchev–Trinajstić information content (AvgIpc) is 4.01. The molecule has 0 aliphatic heterocycles. The zero-order valence-electron chi connectivity index (χ0n) is 33.6. The minimum absolute atomic E-state index is 0.564. The van der Waals surface area contributed by atoms with Crippen LogP contribution >= 0.6 is 0 Å². The van der Waals surface area contributed by atoms with Crippen molar-refractivity contribution in [2.24, 2.45) is 0 Å². The van der Waals surface area contributed by atoms with E-state index in [-0.39, 0.29) is 0 Å². The van der Waals surface area contributed by atoms with Crippen LogP contribution in [0, 0.1) is 0 Å². The Morgan fingerprint density at radius 3 is 1.63 bits per heavy atom. The van der Waals surface area contributed by atoms with E-state index in [1.54, 1.807) is 0 Å². The Labute approximate surface area is 358 Å². The largest absolute Gasteiger partial charge is 0.456 e. The second-order valence-corrected chi connectivity index (χ2v) is 16.3. The molecule has 4 aromatic heterocycles. The van der Waals surface area contributed by atoms with Crippen molar-refractivity contribution >= 4 is 98.0 Å². The molecule has 0 fully saturated rings. The highest BCUT2D eigenvalue weighted by Gasteiger charge is 2.23. The molecule has 0 radical (unpaired) electrons. The standard InChI is InChI=1S/C57H32N4O2/c1-2-13-33(14-3-1)55-58-56(38-25-26-51-45(29-38)40-20-10-11-23-50(40)62-51)60-57(59-55)42-22-12-24-52-53(42)46-32-49(39-19-8-9-21-41(39)54(46)63-52)61-47-30-36-17-6-4-15-34(36)27-43(47)44-28-35-16-5-7-18-37(35)31-48(44)61/h1-32H. The summed E-state index contributed by atoms with van der Waals surface area (Å²) in [6.45, 7) is 0. The summed E-state index contributed by atoms with van der Waals surface area (Å²) in [7, 11) is 0. The van der Waals surface area contributed by atoms with Crippen LogP contribution < -0.4 is 0 Å². The zero-order valence-corrected chi connectivity index (χ0v) is 33.6. The van der Waals surface area contributed by atoms with Crippen molar-refractivity contribution in [1.29, 1.82) is 0 Å². The van der Waals surface area contributed by atoms with Gasteiger partial charge in [0.05, 0.1) is 16.7 Å². The quantitative estimate of drug-likeness (QED) is 0.177. The van der Waals surface area contributed by atoms with Gasteiger partial charge >= 0.3 is 0 Å². The molecule has 292 valence electrons. The van der Waals surface area contributed by atoms with Gasteiger partial charge in [0.2, 0.25) is 0 Å². The lowest BCUT2D eigenvalue weighted by Crippen LogP contribution is -2.00. The molecule has 4 heterocycles. The number of benzene rings is 10. The Hall–Kier alpha value is -8.61. The van der Waals surface area contributed by atoms with Crippen LogP contribution in [0.1, 0.15) is 0 Å². The summed E-state index contributed by atoms with van der Waals surface area (Å²) in [6, 6.07) is 68.1. The van der Waals surface area contributed by atoms with E-state index in [0.29, 0.717) is 17.5 Å². The zero-order chi connectivity index (χ0) is 41.2. The smallest absolute Gasteiger partial charge is 0.164 e. The van der Waals surface area contributed by atoms with Crippen LogP contribution in [0.5, 0.6) is 0 Å². The molecule has 0 spiro atoms. The van der Waals surface area contributed by atoms with Crippen LogP contribution in [0.4, 0.5) is 0 Å². The molecule has 0 amide bonds. The Bertz CT molecular complexity index is 4120. The van der Waals surface area contributed by atoms with Gasteiger partial charge in [0.1, 0.15) is 22.3 Å². The lowest BCUT2D eigenvalue weighted by molar-refractivity contribution is 0.669. The Morgan fingerprint density at radius 2 is 0.905 bits per heavy atom. The molecule has 14 rings (SSSR count). The summed E-state index contributed by atoms with van der Waals surface area (Å²) in [4.78, 5) is 15.6. The second kappa shape index (κ2) is 12.9. The molecule has 14 aromatic rings. The highest BCUT2D eigenvalue weighted by Crippen LogP contribution is 2.45. The molecule has 0 atom stereocenters. The molecule has 10 aromatic carbocycles. The predicted octanol–water partition coefficient (Wildman–Crippen LogP) is 15.2. The fourth-order valence-electron chi connectivity index (χ4n) is 9.85. The van der Waals surface area contributed by atoms with Crippen molar-refractivity contribution in [3.8, 4) is 39.9 Å². The average molecular weight is 805 g/mol. The van der Waals surface area contributed by atoms with Gasteiger partial charge in [-0.25, -0.2) is 15.0 Å². The van der Waals surface area contributed by atoms with Gasteiger partial charge in [-0.3, -0.25) is 0 Å². The number of aromatic nitrogens is 4. The van der Waals surface area contributed by atoms with Crippen LogP contribution in [0.2, 0.25) is 0 Å². The molecule has 0 unspecified atom stereocenters. The minimum atomic E-state index is 0.564. The van der Waals surface area contributed by atoms with Crippen molar-refractivity contribution in [2.45, 2.75) is 0 Å². The Morgan fingerprint density at radius 1 is 0.333 bits per heavy atom. The summed E-state index contributed by atoms with van der Waals surface area (Å²) in [6.07, 6.45) is 0. The summed E-state index contributed by atoms with van der Waals surface area (Å²) < 4.78 is 15.6. The third-order valence-electron chi connectivity index (χ3n) is 12.8. The Kier molecular flexibility index (Phi) is 7.02. The first kappa shape index (κ1) is 34.1. The van der Waals surface area contributed by atoms with Crippen LogP contribution in [-0.2, 0) is 0 Å². The van der Waals surface area contributed by atoms with Crippen molar-refractivity contribution in [1.82, 2.24) is 19.5 Å². The third-order valence-corrected chi connectivity index (χ3v) is 12.8. The first-order chi connectivity index (χ1) is 31.2. The van der Waals surface area contributed by atoms with E-state index in [9.17, 15) is 0 Å². The summed E-state index contributed by atoms with van der Waals surface area (Å²) in [5.74, 6) is 1.73. The van der Waals surface area contributed by atoms with E-state index < -0.39 is 0 Å². The number of nitrogens with zero attached hydrogens (tertiary/aromatic N) is 4. The van der Waals surface area contributed by atoms with Crippen molar-refractivity contribution in [3.05, 3.63) is 194 Å². The van der Waals surface area contributed by atoms with E-state index in [1.165, 1.54) is 32.3 Å². The number of hydrogen-bond donors (Lipinski definition) is 0. The van der Waals surface area contributed by atoms with E-state index in [0.717, 1.165) is 88.1 Å². The van der Waals surface area contributed by atoms with E-state index in [4.69, 9.17) is 23.8 Å². The van der Waals surface area contributed by atoms with Crippen LogP contribution in [0.3, 0.4) is 0 Å². The maximum absolute atomic E-state index is 6.91. The van der Waals surface area contributed by atoms with Gasteiger partial charge in [-0.15, -0.1) is 0 Å². The fourth-order valence-corrected chi connectivity index (χ4v) is 9.85. The van der Waals surface area contributed by atoms with Gasteiger partial charge in [-0.2, -0.15) is 0 Å². The number of fused-ring (bicyclic) bond motifs is 13. The summed E-state index contributed by atoms with van der Waals surface area (Å²) >= 11 is 0. The van der Waals surface area contributed by atoms with E-state index >= 15 is 0 Å². The van der Waals surface area contributed by atoms with Gasteiger partial charge in [-0.05, 0) is 82.2 Å². The first-order valence-electron chi connectivity index (χ1n) is 21.2. The van der Waals surface area contributed by atoms with Gasteiger partial charge in [0.15, 0.2) is 17.5 Å². The summed E-state index contributed by atoms with van der Waals surface area (Å²) in [5.41, 5.74) is 9.26. The molecule has 0 aliphatic carbocycles. The van der Waals surface area contributed by atoms with Gasteiger partial charge in [0, 0.05) is 59.8 Å². The third kappa shape index (κ3) is 5.09. The molecule has 0 bridgehead atoms. The van der Waals surface area contributed by atoms with E-state index in [2.05, 4.69) is 126 Å². The van der Waals surface area contributed by atoms with Crippen LogP contribution in [0.15, 0.2) is 203 Å². The van der Waals surface area contributed by atoms with Gasteiger partial charge in [0.25, 0.3) is 0 Å². The number of para-hydroxylation sites is 1. The van der Waals surface area contributed by atoms with Crippen LogP contribution in [-0.4, -0.2) is 19.5 Å². The van der Waals surface area contributed by atoms with Gasteiger partial charge in [-0.1, -0.05) is 133 Å². The molecule has 0 saturated carbocycles. The van der Waals surface area contributed by atoms with Gasteiger partial charge < -0.3 is 13.4 Å². The number of rotatable bonds is 4. The number of hydrogen-bond acceptors (Lipinski definition) is 5. The maximum Gasteiger partial charge on any atom is 0.164 e. The molecule has 0 N–H and O–H groups in total. The van der Waals surface area contributed by atoms with Crippen molar-refractivity contribution in [3.63, 3.8) is 0 Å². The van der Waals surface area contributed by atoms with Crippen molar-refractivity contribution in [2.75, 3.05) is 0 Å². The molecular formula is C57H32N4O2. The molecule has 63 heavy (non-hydrogen) atoms. The van der Waals surface area contributed by atoms with Crippen molar-refractivity contribution < 1.29 is 8.83 Å². The summed E-state index contributed by atoms with van der Waals surface area (Å²) in [5, 5.41) is 13.4. The Balaban J connectivity index is 1.06. The molecule has 6 heteroatoms. The van der Waals surface area contributed by atoms with E-state index in [1.807, 2.05) is 72.8 Å². The fraction of sp³-hybridized carbons (Fsp3) is 0. The lowest BCUT2D eigenvalue weighted by Gasteiger charge is -2.13. The first-order valence-corrected chi connectivity index (χ1v) is 21.2.